The lowest BCUT2D eigenvalue weighted by Crippen LogP contribution is -2.08. The average molecular weight is 292 g/mol. The van der Waals surface area contributed by atoms with Gasteiger partial charge in [-0.15, -0.1) is 0 Å². The Morgan fingerprint density at radius 3 is 2.71 bits per heavy atom. The predicted molar refractivity (Wildman–Crippen MR) is 74.8 cm³/mol. The number of benzene rings is 1. The van der Waals surface area contributed by atoms with Crippen molar-refractivity contribution in [2.24, 2.45) is 0 Å². The number of halogens is 2. The molecule has 21 heavy (non-hydrogen) atoms. The van der Waals surface area contributed by atoms with Gasteiger partial charge in [0, 0.05) is 24.2 Å². The maximum atomic E-state index is 13.6. The smallest absolute Gasteiger partial charge is 0.131 e. The lowest BCUT2D eigenvalue weighted by atomic mass is 10.0. The quantitative estimate of drug-likeness (QED) is 0.935. The van der Waals surface area contributed by atoms with E-state index in [1.165, 1.54) is 18.9 Å². The minimum Gasteiger partial charge on any atom is -0.388 e. The molecule has 3 rings (SSSR count). The summed E-state index contributed by atoms with van der Waals surface area (Å²) in [5.41, 5.74) is 0.824. The van der Waals surface area contributed by atoms with Crippen LogP contribution in [-0.4, -0.2) is 14.9 Å². The average Bonchev–Trinajstić information content (AvgIpc) is 3.08. The Morgan fingerprint density at radius 1 is 1.24 bits per heavy atom. The number of rotatable bonds is 4. The molecule has 1 aliphatic carbocycles. The van der Waals surface area contributed by atoms with E-state index in [1.54, 1.807) is 0 Å². The summed E-state index contributed by atoms with van der Waals surface area (Å²) in [6.45, 7) is 0. The van der Waals surface area contributed by atoms with Crippen molar-refractivity contribution in [2.75, 3.05) is 0 Å². The molecular formula is C16H18F2N2O. The summed E-state index contributed by atoms with van der Waals surface area (Å²) >= 11 is 0. The van der Waals surface area contributed by atoms with Crippen LogP contribution >= 0.6 is 0 Å². The number of hydrogen-bond acceptors (Lipinski definition) is 2. The van der Waals surface area contributed by atoms with Gasteiger partial charge in [-0.1, -0.05) is 18.9 Å². The van der Waals surface area contributed by atoms with Crippen LogP contribution in [0.5, 0.6) is 0 Å². The molecule has 5 heteroatoms. The molecular weight excluding hydrogens is 274 g/mol. The highest BCUT2D eigenvalue weighted by Crippen LogP contribution is 2.29. The molecule has 1 aromatic heterocycles. The molecule has 1 fully saturated rings. The van der Waals surface area contributed by atoms with Gasteiger partial charge in [0.2, 0.25) is 0 Å². The van der Waals surface area contributed by atoms with Crippen LogP contribution < -0.4 is 0 Å². The third kappa shape index (κ3) is 3.13. The lowest BCUT2D eigenvalue weighted by Gasteiger charge is -2.11. The second-order valence-corrected chi connectivity index (χ2v) is 5.61. The van der Waals surface area contributed by atoms with Crippen LogP contribution in [0.25, 0.3) is 0 Å². The highest BCUT2D eigenvalue weighted by molar-refractivity contribution is 5.22. The largest absolute Gasteiger partial charge is 0.388 e. The van der Waals surface area contributed by atoms with E-state index < -0.39 is 17.7 Å². The zero-order valence-corrected chi connectivity index (χ0v) is 11.7. The van der Waals surface area contributed by atoms with Crippen molar-refractivity contribution < 1.29 is 13.9 Å². The minimum absolute atomic E-state index is 0.104. The van der Waals surface area contributed by atoms with E-state index in [4.69, 9.17) is 0 Å². The van der Waals surface area contributed by atoms with Crippen LogP contribution in [0.1, 0.15) is 49.1 Å². The summed E-state index contributed by atoms with van der Waals surface area (Å²) in [6, 6.07) is 5.51. The van der Waals surface area contributed by atoms with E-state index in [-0.39, 0.29) is 12.0 Å². The summed E-state index contributed by atoms with van der Waals surface area (Å²) in [7, 11) is 0. The van der Waals surface area contributed by atoms with Crippen LogP contribution in [0.2, 0.25) is 0 Å². The normalized spacial score (nSPS) is 17.3. The van der Waals surface area contributed by atoms with Gasteiger partial charge in [-0.2, -0.15) is 5.10 Å². The van der Waals surface area contributed by atoms with E-state index >= 15 is 0 Å². The van der Waals surface area contributed by atoms with Crippen molar-refractivity contribution in [3.8, 4) is 0 Å². The number of nitrogens with zero attached hydrogens (tertiary/aromatic N) is 2. The molecule has 1 heterocycles. The van der Waals surface area contributed by atoms with Crippen molar-refractivity contribution in [3.63, 3.8) is 0 Å². The number of aliphatic hydroxyl groups excluding tert-OH is 1. The van der Waals surface area contributed by atoms with Crippen LogP contribution in [0.4, 0.5) is 8.78 Å². The molecule has 0 bridgehead atoms. The molecule has 1 unspecified atom stereocenters. The fourth-order valence-electron chi connectivity index (χ4n) is 2.94. The molecule has 0 saturated heterocycles. The fourth-order valence-corrected chi connectivity index (χ4v) is 2.94. The fraction of sp³-hybridized carbons (Fsp3) is 0.438. The molecule has 1 atom stereocenters. The van der Waals surface area contributed by atoms with Gasteiger partial charge in [0.25, 0.3) is 0 Å². The molecule has 3 nitrogen and oxygen atoms in total. The maximum absolute atomic E-state index is 13.6. The summed E-state index contributed by atoms with van der Waals surface area (Å²) in [6.07, 6.45) is 5.85. The summed E-state index contributed by atoms with van der Waals surface area (Å²) in [5.74, 6) is -1.37. The molecule has 0 radical (unpaired) electrons. The van der Waals surface area contributed by atoms with Gasteiger partial charge < -0.3 is 5.11 Å². The maximum Gasteiger partial charge on any atom is 0.131 e. The van der Waals surface area contributed by atoms with Gasteiger partial charge in [-0.25, -0.2) is 8.78 Å². The molecule has 0 amide bonds. The third-order valence-electron chi connectivity index (χ3n) is 4.09. The van der Waals surface area contributed by atoms with E-state index in [1.807, 2.05) is 16.9 Å². The summed E-state index contributed by atoms with van der Waals surface area (Å²) in [5, 5.41) is 14.6. The van der Waals surface area contributed by atoms with Crippen molar-refractivity contribution in [3.05, 3.63) is 53.4 Å². The minimum atomic E-state index is -1.02. The second-order valence-electron chi connectivity index (χ2n) is 5.61. The Morgan fingerprint density at radius 2 is 2.00 bits per heavy atom. The van der Waals surface area contributed by atoms with Crippen molar-refractivity contribution in [1.29, 1.82) is 0 Å². The Balaban J connectivity index is 1.70. The van der Waals surface area contributed by atoms with Crippen LogP contribution in [-0.2, 0) is 6.42 Å². The Bertz CT molecular complexity index is 620. The van der Waals surface area contributed by atoms with Crippen LogP contribution in [0.3, 0.4) is 0 Å². The van der Waals surface area contributed by atoms with Gasteiger partial charge >= 0.3 is 0 Å². The zero-order valence-electron chi connectivity index (χ0n) is 11.7. The van der Waals surface area contributed by atoms with Crippen LogP contribution in [0, 0.1) is 11.6 Å². The van der Waals surface area contributed by atoms with Crippen LogP contribution in [0.15, 0.2) is 30.5 Å². The second kappa shape index (κ2) is 5.93. The highest BCUT2D eigenvalue weighted by atomic mass is 19.1. The number of aromatic nitrogens is 2. The lowest BCUT2D eigenvalue weighted by molar-refractivity contribution is 0.172. The topological polar surface area (TPSA) is 38.0 Å². The van der Waals surface area contributed by atoms with Gasteiger partial charge in [0.15, 0.2) is 0 Å². The van der Waals surface area contributed by atoms with Crippen molar-refractivity contribution >= 4 is 0 Å². The molecule has 1 saturated carbocycles. The monoisotopic (exact) mass is 292 g/mol. The van der Waals surface area contributed by atoms with E-state index in [9.17, 15) is 13.9 Å². The summed E-state index contributed by atoms with van der Waals surface area (Å²) in [4.78, 5) is 0. The Kier molecular flexibility index (Phi) is 4.01. The molecule has 1 aliphatic rings. The number of aliphatic hydroxyl groups is 1. The first-order valence-electron chi connectivity index (χ1n) is 7.30. The van der Waals surface area contributed by atoms with Gasteiger partial charge in [-0.05, 0) is 25.0 Å². The third-order valence-corrected chi connectivity index (χ3v) is 4.09. The van der Waals surface area contributed by atoms with Crippen molar-refractivity contribution in [2.45, 2.75) is 44.2 Å². The summed E-state index contributed by atoms with van der Waals surface area (Å²) < 4.78 is 28.4. The number of hydrogen-bond donors (Lipinski definition) is 1. The Hall–Kier alpha value is -1.75. The van der Waals surface area contributed by atoms with Gasteiger partial charge in [0.05, 0.1) is 17.8 Å². The van der Waals surface area contributed by atoms with E-state index in [0.29, 0.717) is 6.04 Å². The molecule has 2 aromatic rings. The first-order chi connectivity index (χ1) is 10.1. The molecule has 1 aromatic carbocycles. The Labute approximate surface area is 122 Å². The molecule has 1 N–H and O–H groups in total. The van der Waals surface area contributed by atoms with Crippen molar-refractivity contribution in [1.82, 2.24) is 9.78 Å². The standard InChI is InChI=1S/C16H18F2N2O/c17-11-5-6-14(15(18)9-11)16(21)10-12-7-8-20(19-12)13-3-1-2-4-13/h5-9,13,16,21H,1-4,10H2. The first-order valence-corrected chi connectivity index (χ1v) is 7.30. The first kappa shape index (κ1) is 14.2. The zero-order chi connectivity index (χ0) is 14.8. The molecule has 0 spiro atoms. The van der Waals surface area contributed by atoms with E-state index in [2.05, 4.69) is 5.10 Å². The van der Waals surface area contributed by atoms with Gasteiger partial charge in [-0.3, -0.25) is 4.68 Å². The predicted octanol–water partition coefficient (Wildman–Crippen LogP) is 3.55. The molecule has 0 aliphatic heterocycles. The SMILES string of the molecule is OC(Cc1ccn(C2CCCC2)n1)c1ccc(F)cc1F. The van der Waals surface area contributed by atoms with E-state index in [0.717, 1.165) is 30.7 Å². The highest BCUT2D eigenvalue weighted by Gasteiger charge is 2.19. The van der Waals surface area contributed by atoms with Gasteiger partial charge in [0.1, 0.15) is 11.6 Å². The molecule has 112 valence electrons.